The maximum atomic E-state index is 13.5. The lowest BCUT2D eigenvalue weighted by molar-refractivity contribution is -0.156. The lowest BCUT2D eigenvalue weighted by Crippen LogP contribution is -2.33. The number of esters is 1. The number of ether oxygens (including phenoxy) is 4. The van der Waals surface area contributed by atoms with Crippen LogP contribution in [0.4, 0.5) is 0 Å². The van der Waals surface area contributed by atoms with E-state index in [1.54, 1.807) is 21.3 Å². The predicted molar refractivity (Wildman–Crippen MR) is 143 cm³/mol. The maximum absolute atomic E-state index is 13.5. The van der Waals surface area contributed by atoms with Gasteiger partial charge in [0.25, 0.3) is 0 Å². The first-order chi connectivity index (χ1) is 17.2. The molecule has 0 fully saturated rings. The highest BCUT2D eigenvalue weighted by Gasteiger charge is 2.29. The van der Waals surface area contributed by atoms with Gasteiger partial charge in [-0.15, -0.1) is 0 Å². The first-order valence-corrected chi connectivity index (χ1v) is 11.9. The van der Waals surface area contributed by atoms with Gasteiger partial charge in [-0.3, -0.25) is 4.99 Å². The molecule has 36 heavy (non-hydrogen) atoms. The number of carbonyl (C=O) groups excluding carboxylic acids is 1. The van der Waals surface area contributed by atoms with Gasteiger partial charge in [0.15, 0.2) is 17.5 Å². The van der Waals surface area contributed by atoms with Crippen LogP contribution >= 0.6 is 0 Å². The number of rotatable bonds is 9. The molecule has 0 bridgehead atoms. The summed E-state index contributed by atoms with van der Waals surface area (Å²) >= 11 is 0. The molecule has 0 saturated heterocycles. The Labute approximate surface area is 213 Å². The number of methoxy groups -OCH3 is 3. The first-order valence-electron chi connectivity index (χ1n) is 11.9. The number of hydrogen-bond donors (Lipinski definition) is 0. The van der Waals surface area contributed by atoms with Crippen LogP contribution in [-0.2, 0) is 16.0 Å². The van der Waals surface area contributed by atoms with Crippen molar-refractivity contribution in [2.24, 2.45) is 4.99 Å². The zero-order valence-electron chi connectivity index (χ0n) is 22.1. The maximum Gasteiger partial charge on any atom is 0.331 e. The first kappa shape index (κ1) is 26.8. The molecule has 0 amide bonds. The molecule has 0 spiro atoms. The van der Waals surface area contributed by atoms with Crippen LogP contribution < -0.4 is 14.2 Å². The topological polar surface area (TPSA) is 66.4 Å². The fourth-order valence-electron chi connectivity index (χ4n) is 4.08. The minimum Gasteiger partial charge on any atom is -0.496 e. The van der Waals surface area contributed by atoms with Crippen molar-refractivity contribution in [2.45, 2.75) is 45.8 Å². The van der Waals surface area contributed by atoms with E-state index < -0.39 is 17.6 Å². The Morgan fingerprint density at radius 2 is 1.36 bits per heavy atom. The van der Waals surface area contributed by atoms with Crippen molar-refractivity contribution in [1.82, 2.24) is 0 Å². The summed E-state index contributed by atoms with van der Waals surface area (Å²) < 4.78 is 22.7. The van der Waals surface area contributed by atoms with E-state index >= 15 is 0 Å². The molecule has 6 heteroatoms. The van der Waals surface area contributed by atoms with Gasteiger partial charge in [-0.05, 0) is 33.8 Å². The van der Waals surface area contributed by atoms with Crippen molar-refractivity contribution in [3.63, 3.8) is 0 Å². The van der Waals surface area contributed by atoms with Crippen molar-refractivity contribution in [1.29, 1.82) is 0 Å². The Bertz CT molecular complexity index is 1160. The van der Waals surface area contributed by atoms with Crippen LogP contribution in [0.5, 0.6) is 17.2 Å². The minimum absolute atomic E-state index is 0.252. The van der Waals surface area contributed by atoms with Crippen LogP contribution in [0.2, 0.25) is 0 Å². The highest BCUT2D eigenvalue weighted by molar-refractivity contribution is 6.13. The van der Waals surface area contributed by atoms with Crippen LogP contribution in [0.15, 0.2) is 71.7 Å². The molecule has 0 aliphatic heterocycles. The summed E-state index contributed by atoms with van der Waals surface area (Å²) in [6.45, 7) is 7.45. The highest BCUT2D eigenvalue weighted by atomic mass is 16.6. The SMILES string of the molecule is COc1cc(C[C@H](N=C(c2ccccc2)c2ccccc2)C(=O)OC(C)(C)C)c(OC)c(C)c1OC. The molecule has 0 radical (unpaired) electrons. The third-order valence-corrected chi connectivity index (χ3v) is 5.60. The summed E-state index contributed by atoms with van der Waals surface area (Å²) in [4.78, 5) is 18.5. The van der Waals surface area contributed by atoms with Crippen LogP contribution in [0, 0.1) is 6.92 Å². The van der Waals surface area contributed by atoms with Gasteiger partial charge in [0.05, 0.1) is 27.0 Å². The van der Waals surface area contributed by atoms with Gasteiger partial charge >= 0.3 is 5.97 Å². The smallest absolute Gasteiger partial charge is 0.331 e. The molecule has 3 rings (SSSR count). The lowest BCUT2D eigenvalue weighted by Gasteiger charge is -2.24. The molecule has 0 aromatic heterocycles. The van der Waals surface area contributed by atoms with E-state index in [-0.39, 0.29) is 6.42 Å². The number of nitrogens with zero attached hydrogens (tertiary/aromatic N) is 1. The van der Waals surface area contributed by atoms with Crippen LogP contribution in [0.25, 0.3) is 0 Å². The highest BCUT2D eigenvalue weighted by Crippen LogP contribution is 2.40. The summed E-state index contributed by atoms with van der Waals surface area (Å²) in [5.41, 5.74) is 3.42. The molecule has 3 aromatic carbocycles. The number of aliphatic imine (C=N–C) groups is 1. The Balaban J connectivity index is 2.18. The minimum atomic E-state index is -0.828. The molecule has 0 N–H and O–H groups in total. The van der Waals surface area contributed by atoms with E-state index in [0.29, 0.717) is 23.0 Å². The standard InChI is InChI=1S/C30H35NO5/c1-20-27(34-6)23(19-25(33-5)28(20)35-7)18-24(29(32)36-30(2,3)4)31-26(21-14-10-8-11-15-21)22-16-12-9-13-17-22/h8-17,19,24H,18H2,1-7H3/t24-/m0/s1. The average molecular weight is 490 g/mol. The second kappa shape index (κ2) is 11.8. The Morgan fingerprint density at radius 1 is 0.833 bits per heavy atom. The largest absolute Gasteiger partial charge is 0.496 e. The lowest BCUT2D eigenvalue weighted by atomic mass is 9.98. The molecule has 1 atom stereocenters. The molecule has 0 aliphatic carbocycles. The van der Waals surface area contributed by atoms with E-state index in [4.69, 9.17) is 23.9 Å². The molecule has 3 aromatic rings. The van der Waals surface area contributed by atoms with Crippen molar-refractivity contribution in [3.8, 4) is 17.2 Å². The third-order valence-electron chi connectivity index (χ3n) is 5.60. The van der Waals surface area contributed by atoms with E-state index in [1.807, 2.05) is 94.4 Å². The predicted octanol–water partition coefficient (Wildman–Crippen LogP) is 5.81. The van der Waals surface area contributed by atoms with Crippen molar-refractivity contribution in [2.75, 3.05) is 21.3 Å². The third kappa shape index (κ3) is 6.45. The summed E-state index contributed by atoms with van der Waals surface area (Å²) in [6.07, 6.45) is 0.252. The quantitative estimate of drug-likeness (QED) is 0.280. The van der Waals surface area contributed by atoms with Crippen LogP contribution in [-0.4, -0.2) is 44.7 Å². The summed E-state index contributed by atoms with van der Waals surface area (Å²) in [5.74, 6) is 1.35. The summed E-state index contributed by atoms with van der Waals surface area (Å²) in [5, 5.41) is 0. The van der Waals surface area contributed by atoms with E-state index in [2.05, 4.69) is 0 Å². The molecule has 190 valence electrons. The van der Waals surface area contributed by atoms with E-state index in [0.717, 1.165) is 22.3 Å². The fourth-order valence-corrected chi connectivity index (χ4v) is 4.08. The van der Waals surface area contributed by atoms with Crippen molar-refractivity contribution < 1.29 is 23.7 Å². The fraction of sp³-hybridized carbons (Fsp3) is 0.333. The Kier molecular flexibility index (Phi) is 8.75. The normalized spacial score (nSPS) is 11.9. The van der Waals surface area contributed by atoms with Crippen molar-refractivity contribution in [3.05, 3.63) is 89.0 Å². The van der Waals surface area contributed by atoms with Crippen molar-refractivity contribution >= 4 is 11.7 Å². The number of carbonyl (C=O) groups is 1. The Morgan fingerprint density at radius 3 is 1.81 bits per heavy atom. The van der Waals surface area contributed by atoms with Crippen LogP contribution in [0.1, 0.15) is 43.0 Å². The van der Waals surface area contributed by atoms with Gasteiger partial charge in [-0.2, -0.15) is 0 Å². The van der Waals surface area contributed by atoms with Crippen LogP contribution in [0.3, 0.4) is 0 Å². The number of hydrogen-bond acceptors (Lipinski definition) is 6. The van der Waals surface area contributed by atoms with Gasteiger partial charge in [0.1, 0.15) is 11.4 Å². The summed E-state index contributed by atoms with van der Waals surface area (Å²) in [6, 6.07) is 20.7. The van der Waals surface area contributed by atoms with E-state index in [1.165, 1.54) is 0 Å². The molecular weight excluding hydrogens is 454 g/mol. The zero-order chi connectivity index (χ0) is 26.3. The molecule has 0 saturated carbocycles. The second-order valence-corrected chi connectivity index (χ2v) is 9.39. The van der Waals surface area contributed by atoms with Gasteiger partial charge in [0, 0.05) is 28.7 Å². The zero-order valence-corrected chi connectivity index (χ0v) is 22.1. The van der Waals surface area contributed by atoms with Gasteiger partial charge in [0.2, 0.25) is 0 Å². The van der Waals surface area contributed by atoms with Gasteiger partial charge in [-0.1, -0.05) is 60.7 Å². The van der Waals surface area contributed by atoms with Gasteiger partial charge in [-0.25, -0.2) is 4.79 Å². The molecule has 0 heterocycles. The number of benzene rings is 3. The molecule has 0 unspecified atom stereocenters. The van der Waals surface area contributed by atoms with Gasteiger partial charge < -0.3 is 18.9 Å². The molecule has 6 nitrogen and oxygen atoms in total. The average Bonchev–Trinajstić information content (AvgIpc) is 2.86. The molecular formula is C30H35NO5. The molecule has 0 aliphatic rings. The second-order valence-electron chi connectivity index (χ2n) is 9.39. The summed E-state index contributed by atoms with van der Waals surface area (Å²) in [7, 11) is 4.77. The van der Waals surface area contributed by atoms with E-state index in [9.17, 15) is 4.79 Å². The monoisotopic (exact) mass is 489 g/mol. The Hall–Kier alpha value is -3.80.